The first-order valence-electron chi connectivity index (χ1n) is 5.42. The van der Waals surface area contributed by atoms with Crippen molar-refractivity contribution in [2.75, 3.05) is 31.7 Å². The smallest absolute Gasteiger partial charge is 0.255 e. The van der Waals surface area contributed by atoms with E-state index in [1.54, 1.807) is 23.1 Å². The minimum Gasteiger partial charge on any atom is -0.336 e. The molecular weight excluding hydrogens is 242 g/mol. The molecule has 0 unspecified atom stereocenters. The summed E-state index contributed by atoms with van der Waals surface area (Å²) in [6.45, 7) is 2.93. The summed E-state index contributed by atoms with van der Waals surface area (Å²) in [7, 11) is 0. The van der Waals surface area contributed by atoms with Gasteiger partial charge in [0, 0.05) is 26.2 Å². The van der Waals surface area contributed by atoms with Gasteiger partial charge in [-0.1, -0.05) is 11.6 Å². The summed E-state index contributed by atoms with van der Waals surface area (Å²) in [5.41, 5.74) is 2.87. The number of rotatable bonds is 2. The Kier molecular flexibility index (Phi) is 3.83. The van der Waals surface area contributed by atoms with Crippen LogP contribution in [0.15, 0.2) is 18.2 Å². The quantitative estimate of drug-likeness (QED) is 0.695. The molecule has 0 spiro atoms. The summed E-state index contributed by atoms with van der Waals surface area (Å²) in [4.78, 5) is 13.9. The van der Waals surface area contributed by atoms with E-state index in [-0.39, 0.29) is 5.91 Å². The monoisotopic (exact) mass is 255 g/mol. The molecule has 1 saturated heterocycles. The highest BCUT2D eigenvalue weighted by Gasteiger charge is 2.20. The maximum absolute atomic E-state index is 12.2. The fourth-order valence-electron chi connectivity index (χ4n) is 1.80. The number of benzene rings is 1. The fourth-order valence-corrected chi connectivity index (χ4v) is 2.00. The van der Waals surface area contributed by atoms with Crippen LogP contribution in [-0.2, 0) is 0 Å². The molecule has 92 valence electrons. The first kappa shape index (κ1) is 12.2. The number of nitrogens with zero attached hydrogens (tertiary/aromatic N) is 1. The van der Waals surface area contributed by atoms with Gasteiger partial charge in [-0.05, 0) is 18.2 Å². The van der Waals surface area contributed by atoms with Crippen LogP contribution in [-0.4, -0.2) is 42.2 Å². The largest absolute Gasteiger partial charge is 0.336 e. The highest BCUT2D eigenvalue weighted by atomic mass is 35.5. The molecule has 1 aromatic rings. The number of halogens is 1. The van der Waals surface area contributed by atoms with Crippen LogP contribution in [0, 0.1) is 0 Å². The van der Waals surface area contributed by atoms with E-state index in [2.05, 4.69) is 5.32 Å². The molecule has 6 heteroatoms. The summed E-state index contributed by atoms with van der Waals surface area (Å²) >= 11 is 5.99. The molecule has 2 rings (SSSR count). The van der Waals surface area contributed by atoms with Gasteiger partial charge in [-0.3, -0.25) is 15.5 Å². The van der Waals surface area contributed by atoms with Crippen LogP contribution in [0.3, 0.4) is 0 Å². The predicted octanol–water partition coefficient (Wildman–Crippen LogP) is 1.19. The van der Waals surface area contributed by atoms with Gasteiger partial charge in [0.15, 0.2) is 0 Å². The Balaban J connectivity index is 2.22. The second-order valence-corrected chi connectivity index (χ2v) is 4.26. The van der Waals surface area contributed by atoms with Crippen LogP contribution >= 0.6 is 11.6 Å². The van der Waals surface area contributed by atoms with Gasteiger partial charge in [0.1, 0.15) is 0 Å². The minimum atomic E-state index is -0.103. The van der Waals surface area contributed by atoms with Crippen molar-refractivity contribution in [2.45, 2.75) is 0 Å². The molecule has 3 N–H and O–H groups in total. The van der Waals surface area contributed by atoms with Crippen molar-refractivity contribution < 1.29 is 10.0 Å². The summed E-state index contributed by atoms with van der Waals surface area (Å²) in [6, 6.07) is 4.75. The normalized spacial score (nSPS) is 15.8. The van der Waals surface area contributed by atoms with Crippen LogP contribution in [0.1, 0.15) is 10.4 Å². The first-order chi connectivity index (χ1) is 8.22. The van der Waals surface area contributed by atoms with E-state index in [9.17, 15) is 4.79 Å². The highest BCUT2D eigenvalue weighted by Crippen LogP contribution is 2.22. The van der Waals surface area contributed by atoms with Crippen LogP contribution in [0.4, 0.5) is 5.69 Å². The third-order valence-electron chi connectivity index (χ3n) is 2.73. The molecule has 0 saturated carbocycles. The molecule has 1 aliphatic rings. The molecule has 1 aromatic carbocycles. The predicted molar refractivity (Wildman–Crippen MR) is 65.6 cm³/mol. The number of hydrogen-bond acceptors (Lipinski definition) is 4. The van der Waals surface area contributed by atoms with Gasteiger partial charge >= 0.3 is 0 Å². The van der Waals surface area contributed by atoms with Gasteiger partial charge in [0.25, 0.3) is 5.91 Å². The van der Waals surface area contributed by atoms with E-state index in [0.717, 1.165) is 13.1 Å². The van der Waals surface area contributed by atoms with E-state index in [1.807, 2.05) is 5.48 Å². The summed E-state index contributed by atoms with van der Waals surface area (Å²) < 4.78 is 0. The molecular formula is C11H14ClN3O2. The second kappa shape index (κ2) is 5.35. The molecule has 1 heterocycles. The standard InChI is InChI=1S/C11H14ClN3O2/c12-10-2-1-8(14-17)7-9(10)11(16)15-5-3-13-4-6-15/h1-2,7,13-14,17H,3-6H2. The van der Waals surface area contributed by atoms with Gasteiger partial charge < -0.3 is 10.2 Å². The lowest BCUT2D eigenvalue weighted by Gasteiger charge is -2.27. The lowest BCUT2D eigenvalue weighted by atomic mass is 10.1. The third-order valence-corrected chi connectivity index (χ3v) is 3.06. The van der Waals surface area contributed by atoms with Gasteiger partial charge in [-0.2, -0.15) is 0 Å². The maximum Gasteiger partial charge on any atom is 0.255 e. The molecule has 0 atom stereocenters. The fraction of sp³-hybridized carbons (Fsp3) is 0.364. The summed E-state index contributed by atoms with van der Waals surface area (Å²) in [5.74, 6) is -0.103. The molecule has 5 nitrogen and oxygen atoms in total. The van der Waals surface area contributed by atoms with Crippen molar-refractivity contribution in [1.82, 2.24) is 10.2 Å². The van der Waals surface area contributed by atoms with E-state index in [1.165, 1.54) is 0 Å². The van der Waals surface area contributed by atoms with Crippen LogP contribution in [0.2, 0.25) is 5.02 Å². The summed E-state index contributed by atoms with van der Waals surface area (Å²) in [5, 5.41) is 12.4. The average molecular weight is 256 g/mol. The van der Waals surface area contributed by atoms with Crippen LogP contribution in [0.5, 0.6) is 0 Å². The topological polar surface area (TPSA) is 64.6 Å². The lowest BCUT2D eigenvalue weighted by Crippen LogP contribution is -2.46. The first-order valence-corrected chi connectivity index (χ1v) is 5.80. The second-order valence-electron chi connectivity index (χ2n) is 3.85. The van der Waals surface area contributed by atoms with Crippen molar-refractivity contribution in [2.24, 2.45) is 0 Å². The average Bonchev–Trinajstić information content (AvgIpc) is 2.39. The number of carbonyl (C=O) groups excluding carboxylic acids is 1. The molecule has 17 heavy (non-hydrogen) atoms. The Hall–Kier alpha value is -1.30. The van der Waals surface area contributed by atoms with Crippen molar-refractivity contribution in [1.29, 1.82) is 0 Å². The number of hydrogen-bond donors (Lipinski definition) is 3. The Morgan fingerprint density at radius 1 is 1.41 bits per heavy atom. The Morgan fingerprint density at radius 3 is 2.76 bits per heavy atom. The van der Waals surface area contributed by atoms with Gasteiger partial charge in [0.05, 0.1) is 16.3 Å². The van der Waals surface area contributed by atoms with Gasteiger partial charge in [0.2, 0.25) is 0 Å². The van der Waals surface area contributed by atoms with Crippen molar-refractivity contribution in [3.8, 4) is 0 Å². The van der Waals surface area contributed by atoms with E-state index in [0.29, 0.717) is 29.4 Å². The van der Waals surface area contributed by atoms with Crippen LogP contribution in [0.25, 0.3) is 0 Å². The Labute approximate surface area is 104 Å². The van der Waals surface area contributed by atoms with Crippen molar-refractivity contribution in [3.63, 3.8) is 0 Å². The minimum absolute atomic E-state index is 0.103. The zero-order valence-electron chi connectivity index (χ0n) is 9.24. The van der Waals surface area contributed by atoms with Crippen molar-refractivity contribution in [3.05, 3.63) is 28.8 Å². The van der Waals surface area contributed by atoms with Crippen molar-refractivity contribution >= 4 is 23.2 Å². The Bertz CT molecular complexity index is 419. The summed E-state index contributed by atoms with van der Waals surface area (Å²) in [6.07, 6.45) is 0. The molecule has 1 amide bonds. The number of amides is 1. The molecule has 0 aliphatic carbocycles. The van der Waals surface area contributed by atoms with Gasteiger partial charge in [-0.25, -0.2) is 0 Å². The number of anilines is 1. The highest BCUT2D eigenvalue weighted by molar-refractivity contribution is 6.34. The zero-order valence-corrected chi connectivity index (χ0v) is 10.00. The number of piperazine rings is 1. The SMILES string of the molecule is O=C(c1cc(NO)ccc1Cl)N1CCNCC1. The van der Waals surface area contributed by atoms with E-state index >= 15 is 0 Å². The third kappa shape index (κ3) is 2.69. The maximum atomic E-state index is 12.2. The molecule has 0 bridgehead atoms. The van der Waals surface area contributed by atoms with Crippen LogP contribution < -0.4 is 10.8 Å². The lowest BCUT2D eigenvalue weighted by molar-refractivity contribution is 0.0736. The number of nitrogens with one attached hydrogen (secondary N) is 2. The van der Waals surface area contributed by atoms with E-state index in [4.69, 9.17) is 16.8 Å². The molecule has 1 aliphatic heterocycles. The molecule has 0 radical (unpaired) electrons. The molecule has 0 aromatic heterocycles. The van der Waals surface area contributed by atoms with Gasteiger partial charge in [-0.15, -0.1) is 0 Å². The Morgan fingerprint density at radius 2 is 2.12 bits per heavy atom. The van der Waals surface area contributed by atoms with E-state index < -0.39 is 0 Å². The number of carbonyl (C=O) groups is 1. The molecule has 1 fully saturated rings. The zero-order chi connectivity index (χ0) is 12.3.